The fraction of sp³-hybridized carbons (Fsp3) is 0.227. The largest absolute Gasteiger partial charge is 0.481 e. The first-order chi connectivity index (χ1) is 16.0. The summed E-state index contributed by atoms with van der Waals surface area (Å²) < 4.78 is 7.93. The van der Waals surface area contributed by atoms with Crippen molar-refractivity contribution in [3.63, 3.8) is 0 Å². The predicted molar refractivity (Wildman–Crippen MR) is 133 cm³/mol. The first-order valence-corrected chi connectivity index (χ1v) is 11.2. The van der Waals surface area contributed by atoms with E-state index in [1.807, 2.05) is 18.2 Å². The van der Waals surface area contributed by atoms with Gasteiger partial charge in [-0.15, -0.1) is 0 Å². The number of amides is 2. The maximum absolute atomic E-state index is 12.6. The first kappa shape index (κ1) is 24.4. The van der Waals surface area contributed by atoms with Crippen molar-refractivity contribution in [1.29, 1.82) is 0 Å². The second-order valence-electron chi connectivity index (χ2n) is 7.15. The van der Waals surface area contributed by atoms with Gasteiger partial charge in [-0.3, -0.25) is 9.71 Å². The summed E-state index contributed by atoms with van der Waals surface area (Å²) in [4.78, 5) is 20.8. The highest BCUT2D eigenvalue weighted by Gasteiger charge is 2.20. The van der Waals surface area contributed by atoms with E-state index in [4.69, 9.17) is 20.5 Å². The quantitative estimate of drug-likeness (QED) is 0.217. The molecule has 0 saturated heterocycles. The molecule has 0 atom stereocenters. The Bertz CT molecular complexity index is 1070. The maximum atomic E-state index is 12.6. The number of carbonyl (C=O) groups is 1. The lowest BCUT2D eigenvalue weighted by Gasteiger charge is -2.16. The Hall–Kier alpha value is -3.28. The molecule has 0 bridgehead atoms. The topological polar surface area (TPSA) is 142 Å². The number of hydrogen-bond donors (Lipinski definition) is 5. The van der Waals surface area contributed by atoms with E-state index in [0.29, 0.717) is 10.9 Å². The third-order valence-corrected chi connectivity index (χ3v) is 5.56. The van der Waals surface area contributed by atoms with Crippen LogP contribution in [0.15, 0.2) is 58.6 Å². The van der Waals surface area contributed by atoms with Crippen molar-refractivity contribution in [2.24, 2.45) is 10.7 Å². The molecule has 9 nitrogen and oxygen atoms in total. The molecule has 2 amide bonds. The molecule has 0 radical (unpaired) electrons. The van der Waals surface area contributed by atoms with Crippen LogP contribution in [0.5, 0.6) is 5.88 Å². The van der Waals surface area contributed by atoms with Gasteiger partial charge < -0.3 is 25.8 Å². The number of hydrogen-bond acceptors (Lipinski definition) is 8. The number of allylic oxidation sites excluding steroid dienone is 1. The minimum atomic E-state index is -1.49. The van der Waals surface area contributed by atoms with Crippen LogP contribution in [0.2, 0.25) is 0 Å². The van der Waals surface area contributed by atoms with Crippen molar-refractivity contribution >= 4 is 37.0 Å². The number of benzene rings is 1. The number of rotatable bonds is 9. The highest BCUT2D eigenvalue weighted by Crippen LogP contribution is 2.38. The molecule has 0 spiro atoms. The van der Waals surface area contributed by atoms with E-state index < -0.39 is 13.1 Å². The summed E-state index contributed by atoms with van der Waals surface area (Å²) in [5.41, 5.74) is 10.8. The van der Waals surface area contributed by atoms with Gasteiger partial charge in [0, 0.05) is 36.0 Å². The summed E-state index contributed by atoms with van der Waals surface area (Å²) >= 11 is 0.971. The highest BCUT2D eigenvalue weighted by molar-refractivity contribution is 8.01. The van der Waals surface area contributed by atoms with Gasteiger partial charge in [0.2, 0.25) is 5.88 Å². The van der Waals surface area contributed by atoms with Gasteiger partial charge in [0.25, 0.3) is 0 Å². The number of methoxy groups -OCH3 is 1. The monoisotopic (exact) mass is 467 g/mol. The number of nitrogens with two attached hydrogens (primary N) is 1. The molecule has 0 saturated carbocycles. The number of nitrogens with zero attached hydrogens (tertiary/aromatic N) is 2. The number of anilines is 1. The zero-order valence-corrected chi connectivity index (χ0v) is 19.0. The van der Waals surface area contributed by atoms with Gasteiger partial charge in [0.15, 0.2) is 0 Å². The van der Waals surface area contributed by atoms with Gasteiger partial charge in [-0.2, -0.15) is 0 Å². The van der Waals surface area contributed by atoms with Crippen molar-refractivity contribution in [1.82, 2.24) is 9.71 Å². The van der Waals surface area contributed by atoms with Gasteiger partial charge in [0.1, 0.15) is 0 Å². The molecule has 33 heavy (non-hydrogen) atoms. The van der Waals surface area contributed by atoms with Crippen LogP contribution in [0, 0.1) is 0 Å². The van der Waals surface area contributed by atoms with Gasteiger partial charge in [-0.05, 0) is 48.1 Å². The average molecular weight is 467 g/mol. The molecule has 0 unspecified atom stereocenters. The second-order valence-corrected chi connectivity index (χ2v) is 8.03. The summed E-state index contributed by atoms with van der Waals surface area (Å²) in [6, 6.07) is 7.45. The fourth-order valence-corrected chi connectivity index (χ4v) is 3.84. The number of aryl methyl sites for hydroxylation is 1. The van der Waals surface area contributed by atoms with Crippen LogP contribution in [0.3, 0.4) is 0 Å². The van der Waals surface area contributed by atoms with E-state index in [2.05, 4.69) is 26.1 Å². The van der Waals surface area contributed by atoms with Gasteiger partial charge in [0.05, 0.1) is 24.4 Å². The maximum Gasteiger partial charge on any atom is 0.480 e. The van der Waals surface area contributed by atoms with E-state index in [1.54, 1.807) is 19.4 Å². The van der Waals surface area contributed by atoms with E-state index in [-0.39, 0.29) is 6.54 Å². The van der Waals surface area contributed by atoms with Crippen molar-refractivity contribution in [2.45, 2.75) is 19.3 Å². The van der Waals surface area contributed by atoms with Crippen LogP contribution in [-0.2, 0) is 12.8 Å². The minimum Gasteiger partial charge on any atom is -0.481 e. The zero-order chi connectivity index (χ0) is 23.6. The Kier molecular flexibility index (Phi) is 8.93. The van der Waals surface area contributed by atoms with Gasteiger partial charge in [-0.25, -0.2) is 9.78 Å². The molecular weight excluding hydrogens is 441 g/mol. The molecular formula is C22H26BN5O4S. The fourth-order valence-electron chi connectivity index (χ4n) is 3.45. The number of pyridine rings is 1. The van der Waals surface area contributed by atoms with Crippen molar-refractivity contribution in [2.75, 3.05) is 19.0 Å². The van der Waals surface area contributed by atoms with Crippen LogP contribution in [0.4, 0.5) is 10.5 Å². The summed E-state index contributed by atoms with van der Waals surface area (Å²) in [5.74, 6) is 1.71. The minimum absolute atomic E-state index is 0.279. The van der Waals surface area contributed by atoms with Crippen molar-refractivity contribution in [3.8, 4) is 17.0 Å². The van der Waals surface area contributed by atoms with Crippen LogP contribution in [0.25, 0.3) is 11.1 Å². The number of fused-ring (bicyclic) bond motifs is 1. The molecule has 1 heterocycles. The molecule has 1 aliphatic carbocycles. The Balaban J connectivity index is 1.67. The zero-order valence-electron chi connectivity index (χ0n) is 18.2. The molecule has 172 valence electrons. The summed E-state index contributed by atoms with van der Waals surface area (Å²) in [6.45, 7) is 0.279. The average Bonchev–Trinajstić information content (AvgIpc) is 3.29. The van der Waals surface area contributed by atoms with Crippen LogP contribution in [-0.4, -0.2) is 48.1 Å². The van der Waals surface area contributed by atoms with Crippen LogP contribution < -0.4 is 20.5 Å². The molecule has 3 rings (SSSR count). The van der Waals surface area contributed by atoms with Crippen LogP contribution in [0.1, 0.15) is 17.5 Å². The van der Waals surface area contributed by atoms with Crippen molar-refractivity contribution < 1.29 is 19.6 Å². The lowest BCUT2D eigenvalue weighted by molar-refractivity contribution is 0.257. The molecule has 0 aliphatic heterocycles. The third kappa shape index (κ3) is 7.11. The number of ether oxygens (including phenoxy) is 1. The molecule has 1 aromatic carbocycles. The predicted octanol–water partition coefficient (Wildman–Crippen LogP) is 2.45. The normalized spacial score (nSPS) is 13.4. The summed E-state index contributed by atoms with van der Waals surface area (Å²) in [6.07, 6.45) is 9.15. The van der Waals surface area contributed by atoms with E-state index in [0.717, 1.165) is 53.6 Å². The van der Waals surface area contributed by atoms with Gasteiger partial charge in [-0.1, -0.05) is 24.2 Å². The van der Waals surface area contributed by atoms with Crippen LogP contribution >= 0.6 is 11.9 Å². The number of aliphatic imine (C=N–C) groups is 1. The number of carbonyl (C=O) groups excluding carboxylic acids is 1. The molecule has 1 aromatic heterocycles. The Labute approximate surface area is 197 Å². The molecule has 2 aromatic rings. The number of urea groups is 1. The number of aromatic nitrogens is 1. The molecule has 6 N–H and O–H groups in total. The smallest absolute Gasteiger partial charge is 0.480 e. The lowest BCUT2D eigenvalue weighted by atomic mass is 9.92. The van der Waals surface area contributed by atoms with Gasteiger partial charge >= 0.3 is 13.1 Å². The first-order valence-electron chi connectivity index (χ1n) is 10.4. The van der Waals surface area contributed by atoms with E-state index in [9.17, 15) is 4.79 Å². The Morgan fingerprint density at radius 1 is 1.36 bits per heavy atom. The Morgan fingerprint density at radius 2 is 2.21 bits per heavy atom. The second kappa shape index (κ2) is 12.1. The molecule has 11 heteroatoms. The number of nitrogens with one attached hydrogen (secondary N) is 2. The molecule has 0 fully saturated rings. The summed E-state index contributed by atoms with van der Waals surface area (Å²) in [5, 5.41) is 20.8. The van der Waals surface area contributed by atoms with E-state index in [1.165, 1.54) is 23.8 Å². The molecule has 1 aliphatic rings. The SMILES string of the molecule is COc1cc(-c2ccc3c(c2NC(=O)NS/C(N)=C/C=NC/C=C/B(O)O)CCC3)ccn1. The lowest BCUT2D eigenvalue weighted by Crippen LogP contribution is -2.25. The third-order valence-electron chi connectivity index (χ3n) is 4.90. The summed E-state index contributed by atoms with van der Waals surface area (Å²) in [7, 11) is 0.0725. The standard InChI is InChI=1S/C22H26BN5O4S/c1-32-20-14-16(8-13-26-20)18-7-6-15-4-2-5-17(15)21(18)27-22(29)28-33-19(24)9-12-25-11-3-10-23(30)31/h3,6-10,12-14,30-31H,2,4-5,11,24H2,1H3,(H2,27,28,29)/b10-3+,19-9+,25-12?. The van der Waals surface area contributed by atoms with E-state index >= 15 is 0 Å². The highest BCUT2D eigenvalue weighted by atomic mass is 32.2. The Morgan fingerprint density at radius 3 is 3.00 bits per heavy atom. The van der Waals surface area contributed by atoms with Crippen molar-refractivity contribution in [3.05, 3.63) is 64.7 Å².